The number of hydrogen-bond acceptors (Lipinski definition) is 2. The summed E-state index contributed by atoms with van der Waals surface area (Å²) in [6.45, 7) is 20.8. The Balaban J connectivity index is 1.03. The van der Waals surface area contributed by atoms with E-state index in [0.717, 1.165) is 101 Å². The lowest BCUT2D eigenvalue weighted by atomic mass is 9.33. The molecule has 3 aliphatic rings. The van der Waals surface area contributed by atoms with Crippen molar-refractivity contribution in [2.45, 2.75) is 84.0 Å². The molecule has 16 aromatic rings. The molecule has 0 N–H and O–H groups in total. The molecule has 16 aromatic carbocycles. The molecule has 0 radical (unpaired) electrons. The summed E-state index contributed by atoms with van der Waals surface area (Å²) in [5, 5.41) is 2.42. The van der Waals surface area contributed by atoms with Crippen molar-refractivity contribution >= 4 is 68.0 Å². The van der Waals surface area contributed by atoms with Gasteiger partial charge in [0.1, 0.15) is 0 Å². The molecule has 3 heteroatoms. The standard InChI is InChI=1S/C107H87BN2/c1-104(2,3)82-47-29-43-76(61-82)78-56-59-94-96(64-78)109(102-87(71-34-15-10-16-35-71)51-32-52-88(102)72-36-17-11-18-37-72)98-66-80(86-50-31-53-90-89-49-27-28-54-93(89)107(100(86)90,81-45-23-14-24-46-81)84-58-55-70-33-25-26-42-75(70)63-84)67-99-101(98)108(94)95-60-57-79(77-44-30-48-83(62-77)105(4,5)6)65-97(95)110(99)103-91(73-38-19-12-20-39-73)68-85(106(7,8)9)69-92(103)74-40-21-13-22-41-74/h10-69H,1-9H3. The zero-order chi connectivity index (χ0) is 74.8. The fourth-order valence-electron chi connectivity index (χ4n) is 18.3. The van der Waals surface area contributed by atoms with Crippen LogP contribution in [0.5, 0.6) is 0 Å². The molecule has 1 atom stereocenters. The minimum absolute atomic E-state index is 0.0784. The second-order valence-corrected chi connectivity index (χ2v) is 33.5. The fraction of sp³-hybridized carbons (Fsp3) is 0.121. The highest BCUT2D eigenvalue weighted by molar-refractivity contribution is 7.00. The Morgan fingerprint density at radius 1 is 0.236 bits per heavy atom. The highest BCUT2D eigenvalue weighted by Gasteiger charge is 2.50. The Morgan fingerprint density at radius 2 is 0.618 bits per heavy atom. The molecule has 19 rings (SSSR count). The minimum Gasteiger partial charge on any atom is -0.310 e. The topological polar surface area (TPSA) is 6.48 Å². The molecule has 2 heterocycles. The molecule has 1 unspecified atom stereocenters. The van der Waals surface area contributed by atoms with Gasteiger partial charge in [-0.25, -0.2) is 0 Å². The van der Waals surface area contributed by atoms with E-state index in [-0.39, 0.29) is 23.0 Å². The van der Waals surface area contributed by atoms with Crippen LogP contribution < -0.4 is 26.2 Å². The molecule has 0 spiro atoms. The summed E-state index contributed by atoms with van der Waals surface area (Å²) < 4.78 is 0. The molecule has 110 heavy (non-hydrogen) atoms. The zero-order valence-electron chi connectivity index (χ0n) is 64.1. The van der Waals surface area contributed by atoms with Crippen LogP contribution in [0.1, 0.15) is 101 Å². The van der Waals surface area contributed by atoms with E-state index in [1.165, 1.54) is 88.4 Å². The lowest BCUT2D eigenvalue weighted by molar-refractivity contribution is 0.590. The molecule has 0 amide bonds. The summed E-state index contributed by atoms with van der Waals surface area (Å²) in [6, 6.07) is 140. The van der Waals surface area contributed by atoms with Gasteiger partial charge in [0.15, 0.2) is 0 Å². The van der Waals surface area contributed by atoms with Crippen molar-refractivity contribution in [2.24, 2.45) is 0 Å². The lowest BCUT2D eigenvalue weighted by Gasteiger charge is -2.46. The van der Waals surface area contributed by atoms with Gasteiger partial charge in [0.05, 0.1) is 16.8 Å². The second kappa shape index (κ2) is 26.4. The summed E-state index contributed by atoms with van der Waals surface area (Å²) in [4.78, 5) is 5.49. The van der Waals surface area contributed by atoms with E-state index in [1.807, 2.05) is 0 Å². The van der Waals surface area contributed by atoms with Gasteiger partial charge in [-0.05, 0) is 192 Å². The molecule has 0 saturated carbocycles. The van der Waals surface area contributed by atoms with Gasteiger partial charge in [-0.3, -0.25) is 0 Å². The highest BCUT2D eigenvalue weighted by atomic mass is 15.2. The van der Waals surface area contributed by atoms with Gasteiger partial charge in [0, 0.05) is 45.0 Å². The number of para-hydroxylation sites is 1. The first kappa shape index (κ1) is 68.0. The maximum absolute atomic E-state index is 2.75. The van der Waals surface area contributed by atoms with Crippen molar-refractivity contribution in [1.29, 1.82) is 0 Å². The normalized spacial score (nSPS) is 14.2. The fourth-order valence-corrected chi connectivity index (χ4v) is 18.3. The molecular weight excluding hydrogens is 1320 g/mol. The third-order valence-corrected chi connectivity index (χ3v) is 23.8. The van der Waals surface area contributed by atoms with Crippen LogP contribution in [0, 0.1) is 0 Å². The van der Waals surface area contributed by atoms with Crippen LogP contribution in [0.4, 0.5) is 34.1 Å². The Kier molecular flexibility index (Phi) is 16.3. The van der Waals surface area contributed by atoms with E-state index < -0.39 is 5.41 Å². The number of benzene rings is 16. The molecule has 0 fully saturated rings. The maximum Gasteiger partial charge on any atom is 0.252 e. The van der Waals surface area contributed by atoms with Crippen LogP contribution in [0.3, 0.4) is 0 Å². The molecular formula is C107H87BN2. The average molecular weight is 1410 g/mol. The van der Waals surface area contributed by atoms with E-state index in [0.29, 0.717) is 0 Å². The predicted molar refractivity (Wildman–Crippen MR) is 469 cm³/mol. The van der Waals surface area contributed by atoms with Crippen molar-refractivity contribution in [2.75, 3.05) is 9.80 Å². The molecule has 0 bridgehead atoms. The molecule has 2 nitrogen and oxygen atoms in total. The van der Waals surface area contributed by atoms with E-state index in [9.17, 15) is 0 Å². The van der Waals surface area contributed by atoms with Gasteiger partial charge >= 0.3 is 0 Å². The summed E-state index contributed by atoms with van der Waals surface area (Å²) in [5.41, 5.74) is 36.7. The molecule has 528 valence electrons. The van der Waals surface area contributed by atoms with Crippen LogP contribution in [0.15, 0.2) is 364 Å². The third kappa shape index (κ3) is 11.3. The van der Waals surface area contributed by atoms with Crippen LogP contribution in [-0.2, 0) is 21.7 Å². The van der Waals surface area contributed by atoms with E-state index >= 15 is 0 Å². The first-order chi connectivity index (χ1) is 53.5. The molecule has 2 aliphatic heterocycles. The summed E-state index contributed by atoms with van der Waals surface area (Å²) >= 11 is 0. The van der Waals surface area contributed by atoms with Crippen molar-refractivity contribution in [1.82, 2.24) is 0 Å². The predicted octanol–water partition coefficient (Wildman–Crippen LogP) is 26.8. The van der Waals surface area contributed by atoms with Gasteiger partial charge in [-0.15, -0.1) is 0 Å². The summed E-state index contributed by atoms with van der Waals surface area (Å²) in [5.74, 6) is 0. The van der Waals surface area contributed by atoms with Crippen LogP contribution in [0.2, 0.25) is 0 Å². The van der Waals surface area contributed by atoms with Crippen molar-refractivity contribution < 1.29 is 0 Å². The smallest absolute Gasteiger partial charge is 0.252 e. The first-order valence-electron chi connectivity index (χ1n) is 39.1. The Morgan fingerprint density at radius 3 is 1.12 bits per heavy atom. The van der Waals surface area contributed by atoms with Crippen molar-refractivity contribution in [3.05, 3.63) is 403 Å². The SMILES string of the molecule is CC(C)(C)c1cccc(-c2ccc3c(c2)N(c2c(-c4ccccc4)cccc2-c2ccccc2)c2cc(-c4cccc5c4C(c4ccccc4)(c4ccc6ccccc6c4)c4ccccc4-5)cc4c2B3c2ccc(-c3cccc(C(C)(C)C)c3)cc2N4c2c(-c3ccccc3)cc(C(C)(C)C)cc2-c2ccccc2)c1. The second-order valence-electron chi connectivity index (χ2n) is 33.5. The Hall–Kier alpha value is -12.6. The molecule has 0 saturated heterocycles. The van der Waals surface area contributed by atoms with Crippen LogP contribution in [-0.4, -0.2) is 6.71 Å². The van der Waals surface area contributed by atoms with E-state index in [4.69, 9.17) is 0 Å². The molecule has 0 aromatic heterocycles. The van der Waals surface area contributed by atoms with Crippen molar-refractivity contribution in [3.63, 3.8) is 0 Å². The van der Waals surface area contributed by atoms with E-state index in [1.54, 1.807) is 0 Å². The molecule has 1 aliphatic carbocycles. The minimum atomic E-state index is -0.779. The Labute approximate surface area is 649 Å². The monoisotopic (exact) mass is 1410 g/mol. The number of anilines is 6. The Bertz CT molecular complexity index is 6160. The maximum atomic E-state index is 2.75. The number of fused-ring (bicyclic) bond motifs is 8. The van der Waals surface area contributed by atoms with Gasteiger partial charge in [-0.2, -0.15) is 0 Å². The van der Waals surface area contributed by atoms with Crippen LogP contribution in [0.25, 0.3) is 99.8 Å². The van der Waals surface area contributed by atoms with Gasteiger partial charge in [0.2, 0.25) is 0 Å². The summed E-state index contributed by atoms with van der Waals surface area (Å²) in [6.07, 6.45) is 0. The number of nitrogens with zero attached hydrogens (tertiary/aromatic N) is 2. The third-order valence-electron chi connectivity index (χ3n) is 23.8. The van der Waals surface area contributed by atoms with Gasteiger partial charge in [-0.1, -0.05) is 384 Å². The first-order valence-corrected chi connectivity index (χ1v) is 39.1. The van der Waals surface area contributed by atoms with Gasteiger partial charge < -0.3 is 9.80 Å². The quantitative estimate of drug-likeness (QED) is 0.119. The lowest BCUT2D eigenvalue weighted by Crippen LogP contribution is -2.61. The largest absolute Gasteiger partial charge is 0.310 e. The van der Waals surface area contributed by atoms with E-state index in [2.05, 4.69) is 436 Å². The number of hydrogen-bond donors (Lipinski definition) is 0. The highest BCUT2D eigenvalue weighted by Crippen LogP contribution is 2.61. The van der Waals surface area contributed by atoms with Gasteiger partial charge in [0.25, 0.3) is 6.71 Å². The summed E-state index contributed by atoms with van der Waals surface area (Å²) in [7, 11) is 0. The van der Waals surface area contributed by atoms with Crippen molar-refractivity contribution in [3.8, 4) is 89.0 Å². The zero-order valence-corrected chi connectivity index (χ0v) is 64.1. The average Bonchev–Trinajstić information content (AvgIpc) is 0.804. The van der Waals surface area contributed by atoms with Crippen LogP contribution >= 0.6 is 0 Å². The number of rotatable bonds is 11.